The number of ether oxygens (including phenoxy) is 4. The SMILES string of the molecule is CC/C=C\C/C=C\C/C=C\C/C=C\C/C=C\C/C=C\C/C=C\C/C=C\C/C=C\CCCCCCCC(=O)NC(COC1OC(CO)C(OC2OC(CO)C(O)C(O)C2O)C(O)C1O)C(O)CCCCCCCCCCCCCCC. The maximum atomic E-state index is 13.3. The van der Waals surface area contributed by atoms with Gasteiger partial charge in [0.2, 0.25) is 5.91 Å². The molecule has 0 aliphatic carbocycles. The number of amides is 1. The summed E-state index contributed by atoms with van der Waals surface area (Å²) in [6, 6.07) is -0.847. The van der Waals surface area contributed by atoms with Gasteiger partial charge < -0.3 is 65.1 Å². The Morgan fingerprint density at radius 1 is 0.463 bits per heavy atom. The van der Waals surface area contributed by atoms with Gasteiger partial charge in [-0.1, -0.05) is 226 Å². The van der Waals surface area contributed by atoms with E-state index in [-0.39, 0.29) is 18.9 Å². The first-order chi connectivity index (χ1) is 39.1. The van der Waals surface area contributed by atoms with Gasteiger partial charge in [0, 0.05) is 6.42 Å². The molecular weight excluding hydrogens is 1010 g/mol. The molecule has 12 atom stereocenters. The highest BCUT2D eigenvalue weighted by Crippen LogP contribution is 2.30. The molecule has 0 aromatic carbocycles. The minimum absolute atomic E-state index is 0.231. The van der Waals surface area contributed by atoms with Gasteiger partial charge in [-0.3, -0.25) is 4.79 Å². The van der Waals surface area contributed by atoms with Crippen molar-refractivity contribution in [3.05, 3.63) is 109 Å². The molecule has 2 rings (SSSR count). The van der Waals surface area contributed by atoms with Crippen LogP contribution >= 0.6 is 0 Å². The molecule has 0 bridgehead atoms. The van der Waals surface area contributed by atoms with Crippen molar-refractivity contribution in [1.29, 1.82) is 0 Å². The van der Waals surface area contributed by atoms with Crippen molar-refractivity contribution in [1.82, 2.24) is 5.32 Å². The zero-order valence-electron chi connectivity index (χ0n) is 49.3. The summed E-state index contributed by atoms with van der Waals surface area (Å²) in [5.74, 6) is -0.231. The fraction of sp³-hybridized carbons (Fsp3) is 0.712. The number of aliphatic hydroxyl groups excluding tert-OH is 8. The van der Waals surface area contributed by atoms with E-state index >= 15 is 0 Å². The fourth-order valence-corrected chi connectivity index (χ4v) is 9.52. The van der Waals surface area contributed by atoms with Crippen molar-refractivity contribution in [2.75, 3.05) is 19.8 Å². The molecule has 9 N–H and O–H groups in total. The maximum Gasteiger partial charge on any atom is 0.220 e. The molecule has 80 heavy (non-hydrogen) atoms. The van der Waals surface area contributed by atoms with Gasteiger partial charge in [-0.15, -0.1) is 0 Å². The quantitative estimate of drug-likeness (QED) is 0.0204. The van der Waals surface area contributed by atoms with Crippen LogP contribution < -0.4 is 5.32 Å². The summed E-state index contributed by atoms with van der Waals surface area (Å²) >= 11 is 0. The van der Waals surface area contributed by atoms with Gasteiger partial charge in [-0.25, -0.2) is 0 Å². The highest BCUT2D eigenvalue weighted by molar-refractivity contribution is 5.76. The van der Waals surface area contributed by atoms with E-state index in [1.165, 1.54) is 57.8 Å². The molecule has 0 aromatic rings. The van der Waals surface area contributed by atoms with Crippen molar-refractivity contribution in [2.24, 2.45) is 0 Å². The molecule has 2 saturated heterocycles. The van der Waals surface area contributed by atoms with Crippen LogP contribution in [0.3, 0.4) is 0 Å². The van der Waals surface area contributed by atoms with E-state index in [2.05, 4.69) is 129 Å². The van der Waals surface area contributed by atoms with Gasteiger partial charge >= 0.3 is 0 Å². The molecule has 14 heteroatoms. The van der Waals surface area contributed by atoms with Gasteiger partial charge in [-0.05, 0) is 83.5 Å². The summed E-state index contributed by atoms with van der Waals surface area (Å²) in [5.41, 5.74) is 0. The highest BCUT2D eigenvalue weighted by atomic mass is 16.7. The summed E-state index contributed by atoms with van der Waals surface area (Å²) in [5, 5.41) is 87.2. The second-order valence-corrected chi connectivity index (χ2v) is 21.5. The second-order valence-electron chi connectivity index (χ2n) is 21.5. The van der Waals surface area contributed by atoms with Gasteiger partial charge in [0.15, 0.2) is 12.6 Å². The Balaban J connectivity index is 1.69. The van der Waals surface area contributed by atoms with Gasteiger partial charge in [0.25, 0.3) is 0 Å². The summed E-state index contributed by atoms with van der Waals surface area (Å²) in [6.45, 7) is 2.71. The zero-order valence-corrected chi connectivity index (χ0v) is 49.3. The van der Waals surface area contributed by atoms with E-state index < -0.39 is 86.8 Å². The normalized spacial score (nSPS) is 25.0. The number of aliphatic hydroxyl groups is 8. The van der Waals surface area contributed by atoms with Crippen LogP contribution in [0, 0.1) is 0 Å². The zero-order chi connectivity index (χ0) is 58.1. The predicted octanol–water partition coefficient (Wildman–Crippen LogP) is 11.2. The lowest BCUT2D eigenvalue weighted by Gasteiger charge is -2.46. The molecule has 1 amide bonds. The maximum absolute atomic E-state index is 13.3. The topological polar surface area (TPSA) is 228 Å². The molecule has 0 aromatic heterocycles. The Morgan fingerprint density at radius 2 is 0.863 bits per heavy atom. The number of hydrogen-bond acceptors (Lipinski definition) is 13. The van der Waals surface area contributed by atoms with Crippen molar-refractivity contribution < 1.29 is 64.6 Å². The minimum atomic E-state index is -1.79. The van der Waals surface area contributed by atoms with Crippen LogP contribution in [-0.2, 0) is 23.7 Å². The third-order valence-corrected chi connectivity index (χ3v) is 14.5. The lowest BCUT2D eigenvalue weighted by molar-refractivity contribution is -0.359. The predicted molar refractivity (Wildman–Crippen MR) is 322 cm³/mol. The fourth-order valence-electron chi connectivity index (χ4n) is 9.52. The van der Waals surface area contributed by atoms with Crippen LogP contribution in [0.1, 0.15) is 206 Å². The average molecular weight is 1130 g/mol. The largest absolute Gasteiger partial charge is 0.394 e. The number of hydrogen-bond donors (Lipinski definition) is 9. The van der Waals surface area contributed by atoms with E-state index in [4.69, 9.17) is 18.9 Å². The van der Waals surface area contributed by atoms with Crippen LogP contribution in [0.25, 0.3) is 0 Å². The second kappa shape index (κ2) is 50.2. The Kier molecular flexibility index (Phi) is 45.6. The van der Waals surface area contributed by atoms with Crippen LogP contribution in [0.5, 0.6) is 0 Å². The first kappa shape index (κ1) is 72.8. The molecule has 0 saturated carbocycles. The van der Waals surface area contributed by atoms with E-state index in [0.717, 1.165) is 116 Å². The van der Waals surface area contributed by atoms with Crippen LogP contribution in [0.4, 0.5) is 0 Å². The first-order valence-corrected chi connectivity index (χ1v) is 31.1. The summed E-state index contributed by atoms with van der Waals surface area (Å²) in [4.78, 5) is 13.3. The third kappa shape index (κ3) is 34.9. The van der Waals surface area contributed by atoms with Crippen molar-refractivity contribution in [3.8, 4) is 0 Å². The Morgan fingerprint density at radius 3 is 1.32 bits per heavy atom. The van der Waals surface area contributed by atoms with Crippen molar-refractivity contribution in [2.45, 2.75) is 280 Å². The average Bonchev–Trinajstić information content (AvgIpc) is 3.49. The first-order valence-electron chi connectivity index (χ1n) is 31.1. The molecule has 14 nitrogen and oxygen atoms in total. The van der Waals surface area contributed by atoms with E-state index in [1.807, 2.05) is 0 Å². The molecule has 0 radical (unpaired) electrons. The molecular formula is C66H111NO13. The lowest BCUT2D eigenvalue weighted by atomic mass is 9.97. The van der Waals surface area contributed by atoms with Crippen molar-refractivity contribution >= 4 is 5.91 Å². The summed E-state index contributed by atoms with van der Waals surface area (Å²) < 4.78 is 22.8. The monoisotopic (exact) mass is 1130 g/mol. The van der Waals surface area contributed by atoms with Gasteiger partial charge in [0.05, 0.1) is 32.0 Å². The van der Waals surface area contributed by atoms with Crippen LogP contribution in [0.15, 0.2) is 109 Å². The lowest BCUT2D eigenvalue weighted by Crippen LogP contribution is -2.65. The number of rotatable bonds is 48. The number of allylic oxidation sites excluding steroid dienone is 18. The van der Waals surface area contributed by atoms with E-state index in [1.54, 1.807) is 0 Å². The summed E-state index contributed by atoms with van der Waals surface area (Å²) in [7, 11) is 0. The number of carbonyl (C=O) groups is 1. The van der Waals surface area contributed by atoms with E-state index in [9.17, 15) is 45.6 Å². The molecule has 2 aliphatic rings. The standard InChI is InChI=1S/C66H111NO13/c1-3-5-7-9-11-13-15-17-18-19-20-21-22-23-24-25-26-27-28-29-30-31-32-33-34-35-36-38-40-42-44-46-48-50-58(71)67-54(55(70)49-47-45-43-41-39-37-16-14-12-10-8-6-4-2)53-77-65-63(76)61(74)64(57(52-69)79-65)80-66-62(75)60(73)59(72)56(51-68)78-66/h5,7,11,13,17-18,20-21,23-24,26-27,29-30,32-33,35-36,54-57,59-66,68-70,72-76H,3-4,6,8-10,12,14-16,19,22,25,28,31,34,37-53H2,1-2H3,(H,67,71)/b7-5-,13-11-,18-17-,21-20-,24-23-,27-26-,30-29-,33-32-,36-35-. The highest BCUT2D eigenvalue weighted by Gasteiger charge is 2.51. The third-order valence-electron chi connectivity index (χ3n) is 14.5. The Bertz CT molecular complexity index is 1760. The number of carbonyl (C=O) groups excluding carboxylic acids is 1. The molecule has 458 valence electrons. The molecule has 2 heterocycles. The Labute approximate surface area is 483 Å². The van der Waals surface area contributed by atoms with Crippen LogP contribution in [-0.4, -0.2) is 140 Å². The number of nitrogens with one attached hydrogen (secondary N) is 1. The smallest absolute Gasteiger partial charge is 0.220 e. The van der Waals surface area contributed by atoms with Gasteiger partial charge in [0.1, 0.15) is 48.8 Å². The van der Waals surface area contributed by atoms with E-state index in [0.29, 0.717) is 12.8 Å². The Hall–Kier alpha value is -3.35. The molecule has 2 fully saturated rings. The van der Waals surface area contributed by atoms with Crippen molar-refractivity contribution in [3.63, 3.8) is 0 Å². The minimum Gasteiger partial charge on any atom is -0.394 e. The molecule has 12 unspecified atom stereocenters. The summed E-state index contributed by atoms with van der Waals surface area (Å²) in [6.07, 6.45) is 53.7. The van der Waals surface area contributed by atoms with Gasteiger partial charge in [-0.2, -0.15) is 0 Å². The number of unbranched alkanes of at least 4 members (excludes halogenated alkanes) is 17. The molecule has 0 spiro atoms. The molecule has 2 aliphatic heterocycles. The van der Waals surface area contributed by atoms with Crippen LogP contribution in [0.2, 0.25) is 0 Å².